The first-order valence-corrected chi connectivity index (χ1v) is 5.17. The van der Waals surface area contributed by atoms with Crippen LogP contribution in [0.1, 0.15) is 19.8 Å². The standard InChI is InChI=1S/C10H16ClNO2/c1-8(14-2)12-5-3-9(4-6-12)7-10(11)13/h7-8H,3-6H2,1-2H3. The number of carbonyl (C=O) groups is 1. The first kappa shape index (κ1) is 11.7. The van der Waals surface area contributed by atoms with E-state index in [0.29, 0.717) is 0 Å². The maximum atomic E-state index is 10.6. The van der Waals surface area contributed by atoms with Gasteiger partial charge in [0.2, 0.25) is 5.24 Å². The minimum atomic E-state index is -0.367. The van der Waals surface area contributed by atoms with Gasteiger partial charge in [-0.2, -0.15) is 0 Å². The Hall–Kier alpha value is -0.380. The summed E-state index contributed by atoms with van der Waals surface area (Å²) >= 11 is 5.28. The number of halogens is 1. The molecule has 0 spiro atoms. The largest absolute Gasteiger partial charge is 0.367 e. The van der Waals surface area contributed by atoms with Crippen LogP contribution in [0.3, 0.4) is 0 Å². The van der Waals surface area contributed by atoms with Crippen molar-refractivity contribution in [3.8, 4) is 0 Å². The number of allylic oxidation sites excluding steroid dienone is 1. The van der Waals surface area contributed by atoms with Crippen molar-refractivity contribution in [1.29, 1.82) is 0 Å². The van der Waals surface area contributed by atoms with E-state index in [0.717, 1.165) is 31.5 Å². The molecule has 1 unspecified atom stereocenters. The molecule has 1 heterocycles. The molecule has 1 rings (SSSR count). The predicted molar refractivity (Wildman–Crippen MR) is 56.2 cm³/mol. The van der Waals surface area contributed by atoms with Gasteiger partial charge < -0.3 is 4.74 Å². The van der Waals surface area contributed by atoms with Gasteiger partial charge in [0, 0.05) is 20.2 Å². The first-order valence-electron chi connectivity index (χ1n) is 4.79. The Morgan fingerprint density at radius 3 is 2.57 bits per heavy atom. The zero-order valence-corrected chi connectivity index (χ0v) is 9.38. The second kappa shape index (κ2) is 5.49. The lowest BCUT2D eigenvalue weighted by molar-refractivity contribution is -0.107. The Morgan fingerprint density at radius 1 is 1.57 bits per heavy atom. The molecule has 0 aromatic heterocycles. The Kier molecular flexibility index (Phi) is 4.58. The molecule has 1 aliphatic rings. The summed E-state index contributed by atoms with van der Waals surface area (Å²) in [5, 5.41) is -0.367. The van der Waals surface area contributed by atoms with Gasteiger partial charge in [0.1, 0.15) is 6.23 Å². The number of rotatable bonds is 3. The van der Waals surface area contributed by atoms with Crippen LogP contribution in [-0.2, 0) is 9.53 Å². The van der Waals surface area contributed by atoms with Crippen molar-refractivity contribution < 1.29 is 9.53 Å². The second-order valence-corrected chi connectivity index (χ2v) is 3.85. The van der Waals surface area contributed by atoms with Gasteiger partial charge in [-0.25, -0.2) is 0 Å². The third-order valence-electron chi connectivity index (χ3n) is 2.61. The molecule has 0 aromatic carbocycles. The van der Waals surface area contributed by atoms with Gasteiger partial charge in [-0.15, -0.1) is 0 Å². The quantitative estimate of drug-likeness (QED) is 0.533. The molecule has 1 aliphatic heterocycles. The molecule has 0 amide bonds. The fourth-order valence-corrected chi connectivity index (χ4v) is 1.78. The molecule has 0 saturated carbocycles. The van der Waals surface area contributed by atoms with Gasteiger partial charge in [-0.1, -0.05) is 5.57 Å². The van der Waals surface area contributed by atoms with Crippen molar-refractivity contribution in [2.45, 2.75) is 26.0 Å². The number of piperidine rings is 1. The van der Waals surface area contributed by atoms with Crippen molar-refractivity contribution in [2.75, 3.05) is 20.2 Å². The molecule has 0 radical (unpaired) electrons. The molecular weight excluding hydrogens is 202 g/mol. The minimum absolute atomic E-state index is 0.156. The van der Waals surface area contributed by atoms with Crippen molar-refractivity contribution >= 4 is 16.8 Å². The summed E-state index contributed by atoms with van der Waals surface area (Å²) in [4.78, 5) is 12.9. The zero-order valence-electron chi connectivity index (χ0n) is 8.62. The molecule has 80 valence electrons. The summed E-state index contributed by atoms with van der Waals surface area (Å²) in [7, 11) is 1.71. The molecule has 0 aromatic rings. The highest BCUT2D eigenvalue weighted by Gasteiger charge is 2.18. The number of nitrogens with zero attached hydrogens (tertiary/aromatic N) is 1. The van der Waals surface area contributed by atoms with Crippen LogP contribution in [0.5, 0.6) is 0 Å². The highest BCUT2D eigenvalue weighted by atomic mass is 35.5. The fraction of sp³-hybridized carbons (Fsp3) is 0.700. The lowest BCUT2D eigenvalue weighted by Crippen LogP contribution is -2.39. The van der Waals surface area contributed by atoms with Crippen LogP contribution in [0.15, 0.2) is 11.6 Å². The van der Waals surface area contributed by atoms with Gasteiger partial charge in [-0.3, -0.25) is 9.69 Å². The van der Waals surface area contributed by atoms with Crippen molar-refractivity contribution in [2.24, 2.45) is 0 Å². The predicted octanol–water partition coefficient (Wildman–Crippen LogP) is 1.77. The van der Waals surface area contributed by atoms with E-state index in [1.807, 2.05) is 6.92 Å². The van der Waals surface area contributed by atoms with Crippen molar-refractivity contribution in [1.82, 2.24) is 4.90 Å². The Morgan fingerprint density at radius 2 is 2.14 bits per heavy atom. The second-order valence-electron chi connectivity index (χ2n) is 3.48. The molecule has 1 saturated heterocycles. The average Bonchev–Trinajstić information content (AvgIpc) is 2.17. The summed E-state index contributed by atoms with van der Waals surface area (Å²) < 4.78 is 5.22. The molecular formula is C10H16ClNO2. The van der Waals surface area contributed by atoms with Crippen LogP contribution in [0.25, 0.3) is 0 Å². The van der Waals surface area contributed by atoms with Crippen LogP contribution in [0, 0.1) is 0 Å². The van der Waals surface area contributed by atoms with E-state index in [-0.39, 0.29) is 11.5 Å². The average molecular weight is 218 g/mol. The van der Waals surface area contributed by atoms with Crippen LogP contribution in [0.2, 0.25) is 0 Å². The maximum absolute atomic E-state index is 10.6. The molecule has 3 nitrogen and oxygen atoms in total. The van der Waals surface area contributed by atoms with Gasteiger partial charge >= 0.3 is 0 Å². The molecule has 1 fully saturated rings. The third-order valence-corrected chi connectivity index (χ3v) is 2.72. The van der Waals surface area contributed by atoms with Crippen LogP contribution < -0.4 is 0 Å². The summed E-state index contributed by atoms with van der Waals surface area (Å²) in [6.07, 6.45) is 3.51. The highest BCUT2D eigenvalue weighted by Crippen LogP contribution is 2.18. The minimum Gasteiger partial charge on any atom is -0.367 e. The van der Waals surface area contributed by atoms with E-state index in [4.69, 9.17) is 16.3 Å². The SMILES string of the molecule is COC(C)N1CCC(=CC(=O)Cl)CC1. The normalized spacial score (nSPS) is 20.6. The smallest absolute Gasteiger partial charge is 0.245 e. The fourth-order valence-electron chi connectivity index (χ4n) is 1.63. The summed E-state index contributed by atoms with van der Waals surface area (Å²) in [5.41, 5.74) is 1.14. The molecule has 0 bridgehead atoms. The van der Waals surface area contributed by atoms with E-state index >= 15 is 0 Å². The van der Waals surface area contributed by atoms with E-state index in [2.05, 4.69) is 4.90 Å². The monoisotopic (exact) mass is 217 g/mol. The lowest BCUT2D eigenvalue weighted by Gasteiger charge is -2.32. The molecule has 14 heavy (non-hydrogen) atoms. The number of likely N-dealkylation sites (tertiary alicyclic amines) is 1. The van der Waals surface area contributed by atoms with Crippen LogP contribution in [0.4, 0.5) is 0 Å². The number of hydrogen-bond donors (Lipinski definition) is 0. The number of ether oxygens (including phenoxy) is 1. The van der Waals surface area contributed by atoms with Crippen LogP contribution in [-0.4, -0.2) is 36.6 Å². The molecule has 0 aliphatic carbocycles. The molecule has 4 heteroatoms. The van der Waals surface area contributed by atoms with E-state index in [1.165, 1.54) is 6.08 Å². The Balaban J connectivity index is 2.42. The van der Waals surface area contributed by atoms with Gasteiger partial charge in [0.05, 0.1) is 0 Å². The first-order chi connectivity index (χ1) is 6.63. The summed E-state index contributed by atoms with van der Waals surface area (Å²) in [6, 6.07) is 0. The van der Waals surface area contributed by atoms with Crippen molar-refractivity contribution in [3.63, 3.8) is 0 Å². The Bertz CT molecular complexity index is 230. The zero-order chi connectivity index (χ0) is 10.6. The molecule has 1 atom stereocenters. The van der Waals surface area contributed by atoms with Crippen molar-refractivity contribution in [3.05, 3.63) is 11.6 Å². The Labute approximate surface area is 89.7 Å². The van der Waals surface area contributed by atoms with Crippen LogP contribution >= 0.6 is 11.6 Å². The number of methoxy groups -OCH3 is 1. The van der Waals surface area contributed by atoms with E-state index < -0.39 is 0 Å². The highest BCUT2D eigenvalue weighted by molar-refractivity contribution is 6.66. The number of hydrogen-bond acceptors (Lipinski definition) is 3. The van der Waals surface area contributed by atoms with Gasteiger partial charge in [0.15, 0.2) is 0 Å². The van der Waals surface area contributed by atoms with E-state index in [1.54, 1.807) is 7.11 Å². The summed E-state index contributed by atoms with van der Waals surface area (Å²) in [5.74, 6) is 0. The maximum Gasteiger partial charge on any atom is 0.245 e. The third kappa shape index (κ3) is 3.40. The molecule has 0 N–H and O–H groups in total. The number of carbonyl (C=O) groups excluding carboxylic acids is 1. The summed E-state index contributed by atoms with van der Waals surface area (Å²) in [6.45, 7) is 3.90. The van der Waals surface area contributed by atoms with E-state index in [9.17, 15) is 4.79 Å². The lowest BCUT2D eigenvalue weighted by atomic mass is 10.0. The van der Waals surface area contributed by atoms with Gasteiger partial charge in [-0.05, 0) is 37.4 Å². The topological polar surface area (TPSA) is 29.5 Å². The van der Waals surface area contributed by atoms with Gasteiger partial charge in [0.25, 0.3) is 0 Å².